The van der Waals surface area contributed by atoms with Crippen LogP contribution in [0.25, 0.3) is 16.7 Å². The number of carbonyl (C=O) groups excluding carboxylic acids is 1. The van der Waals surface area contributed by atoms with E-state index in [0.29, 0.717) is 28.3 Å². The molecule has 2 aromatic carbocycles. The maximum absolute atomic E-state index is 13.1. The van der Waals surface area contributed by atoms with Crippen LogP contribution in [-0.2, 0) is 23.2 Å². The lowest BCUT2D eigenvalue weighted by molar-refractivity contribution is -0.126. The number of ether oxygens (including phenoxy) is 2. The number of nitrogens with zero attached hydrogens (tertiary/aromatic N) is 5. The fourth-order valence-electron chi connectivity index (χ4n) is 4.12. The average molecular weight is 511 g/mol. The Labute approximate surface area is 209 Å². The van der Waals surface area contributed by atoms with Crippen LogP contribution in [0.2, 0.25) is 0 Å². The van der Waals surface area contributed by atoms with E-state index in [9.17, 15) is 18.7 Å². The number of carbonyl (C=O) groups is 1. The highest BCUT2D eigenvalue weighted by Crippen LogP contribution is 2.31. The summed E-state index contributed by atoms with van der Waals surface area (Å²) in [6.45, 7) is -1.29. The molecule has 0 radical (unpaired) electrons. The Kier molecular flexibility index (Phi) is 6.19. The number of aryl methyl sites for hydroxylation is 1. The van der Waals surface area contributed by atoms with E-state index in [1.54, 1.807) is 53.9 Å². The first-order chi connectivity index (χ1) is 17.7. The van der Waals surface area contributed by atoms with Crippen molar-refractivity contribution < 1.29 is 28.2 Å². The van der Waals surface area contributed by atoms with E-state index in [0.717, 1.165) is 5.52 Å². The number of hydrogen-bond donors (Lipinski definition) is 3. The molecule has 4 N–H and O–H groups in total. The third-order valence-corrected chi connectivity index (χ3v) is 5.82. The Morgan fingerprint density at radius 2 is 1.97 bits per heavy atom. The number of aliphatic imine (C=N–C) groups is 2. The number of alkyl halides is 2. The monoisotopic (exact) mass is 511 g/mol. The number of benzene rings is 2. The first kappa shape index (κ1) is 24.5. The number of imidazole rings is 1. The third-order valence-electron chi connectivity index (χ3n) is 5.82. The number of aliphatic hydroxyl groups excluding tert-OH is 1. The fraction of sp³-hybridized carbons (Fsp3) is 0.250. The SMILES string of the molecule is CCOC1(N)N=C2C(=NC(c3ccc4nc(CO)n(C)c4c3)=CN2c2ccc(OC(F)F)cc2)C(=O)N1. The van der Waals surface area contributed by atoms with Crippen LogP contribution in [0.1, 0.15) is 18.3 Å². The normalized spacial score (nSPS) is 19.4. The molecule has 0 bridgehead atoms. The van der Waals surface area contributed by atoms with Gasteiger partial charge in [0.2, 0.25) is 0 Å². The van der Waals surface area contributed by atoms with Crippen molar-refractivity contribution in [2.24, 2.45) is 22.8 Å². The van der Waals surface area contributed by atoms with Crippen LogP contribution in [0.5, 0.6) is 5.75 Å². The number of aromatic nitrogens is 2. The molecule has 1 atom stereocenters. The molecule has 0 spiro atoms. The van der Waals surface area contributed by atoms with Crippen LogP contribution in [0.15, 0.2) is 58.6 Å². The molecule has 0 saturated carbocycles. The number of nitrogens with one attached hydrogen (secondary N) is 1. The molecule has 192 valence electrons. The van der Waals surface area contributed by atoms with Gasteiger partial charge >= 0.3 is 12.6 Å². The molecule has 2 aliphatic rings. The van der Waals surface area contributed by atoms with Gasteiger partial charge in [0, 0.05) is 31.1 Å². The van der Waals surface area contributed by atoms with Gasteiger partial charge < -0.3 is 19.1 Å². The highest BCUT2D eigenvalue weighted by atomic mass is 19.3. The van der Waals surface area contributed by atoms with Gasteiger partial charge in [0.15, 0.2) is 11.5 Å². The van der Waals surface area contributed by atoms with E-state index in [4.69, 9.17) is 10.5 Å². The molecular weight excluding hydrogens is 488 g/mol. The van der Waals surface area contributed by atoms with E-state index in [2.05, 4.69) is 25.0 Å². The van der Waals surface area contributed by atoms with Crippen molar-refractivity contribution in [3.63, 3.8) is 0 Å². The van der Waals surface area contributed by atoms with E-state index in [1.807, 2.05) is 6.07 Å². The van der Waals surface area contributed by atoms with Crippen LogP contribution in [0.4, 0.5) is 14.5 Å². The minimum atomic E-state index is -2.96. The Hall–Kier alpha value is -4.20. The smallest absolute Gasteiger partial charge is 0.387 e. The zero-order chi connectivity index (χ0) is 26.3. The number of rotatable bonds is 7. The molecule has 0 saturated heterocycles. The molecule has 37 heavy (non-hydrogen) atoms. The second-order valence-electron chi connectivity index (χ2n) is 8.18. The van der Waals surface area contributed by atoms with Gasteiger partial charge in [0.05, 0.1) is 16.7 Å². The predicted molar refractivity (Wildman–Crippen MR) is 132 cm³/mol. The standard InChI is InChI=1S/C24H23F2N7O4/c1-3-36-24(27)30-21-20(22(35)31-24)29-17(11-33(21)14-5-7-15(8-6-14)37-23(25)26)13-4-9-16-18(10-13)32(2)19(12-34)28-16/h4-11,23,34H,3,12,27H2,1-2H3,(H,31,35). The summed E-state index contributed by atoms with van der Waals surface area (Å²) in [7, 11) is 1.79. The van der Waals surface area contributed by atoms with Crippen molar-refractivity contribution >= 4 is 39.9 Å². The van der Waals surface area contributed by atoms with E-state index < -0.39 is 18.5 Å². The highest BCUT2D eigenvalue weighted by Gasteiger charge is 2.41. The second-order valence-corrected chi connectivity index (χ2v) is 8.18. The fourth-order valence-corrected chi connectivity index (χ4v) is 4.12. The zero-order valence-corrected chi connectivity index (χ0v) is 19.9. The summed E-state index contributed by atoms with van der Waals surface area (Å²) < 4.78 is 36.9. The summed E-state index contributed by atoms with van der Waals surface area (Å²) in [5.74, 6) is -1.81. The summed E-state index contributed by atoms with van der Waals surface area (Å²) >= 11 is 0. The van der Waals surface area contributed by atoms with Crippen LogP contribution >= 0.6 is 0 Å². The molecule has 2 aliphatic heterocycles. The van der Waals surface area contributed by atoms with Crippen molar-refractivity contribution in [1.29, 1.82) is 0 Å². The number of fused-ring (bicyclic) bond motifs is 2. The van der Waals surface area contributed by atoms with Crippen molar-refractivity contribution in [3.05, 3.63) is 60.1 Å². The molecule has 13 heteroatoms. The number of aliphatic hydroxyl groups is 1. The molecule has 5 rings (SSSR count). The van der Waals surface area contributed by atoms with Crippen LogP contribution in [0.3, 0.4) is 0 Å². The maximum atomic E-state index is 13.1. The van der Waals surface area contributed by atoms with Gasteiger partial charge in [0.1, 0.15) is 18.2 Å². The number of nitrogens with two attached hydrogens (primary N) is 1. The lowest BCUT2D eigenvalue weighted by Crippen LogP contribution is -2.64. The molecular formula is C24H23F2N7O4. The van der Waals surface area contributed by atoms with Crippen molar-refractivity contribution in [2.45, 2.75) is 26.1 Å². The summed E-state index contributed by atoms with van der Waals surface area (Å²) in [5.41, 5.74) is 9.16. The summed E-state index contributed by atoms with van der Waals surface area (Å²) in [6.07, 6.45) is 1.65. The second kappa shape index (κ2) is 9.35. The molecule has 1 amide bonds. The van der Waals surface area contributed by atoms with Gasteiger partial charge in [-0.15, -0.1) is 0 Å². The minimum absolute atomic E-state index is 0.00710. The Morgan fingerprint density at radius 1 is 1.22 bits per heavy atom. The highest BCUT2D eigenvalue weighted by molar-refractivity contribution is 6.70. The van der Waals surface area contributed by atoms with Gasteiger partial charge in [0.25, 0.3) is 5.91 Å². The summed E-state index contributed by atoms with van der Waals surface area (Å²) in [5, 5.41) is 12.1. The van der Waals surface area contributed by atoms with Gasteiger partial charge in [-0.1, -0.05) is 6.07 Å². The number of amides is 1. The summed E-state index contributed by atoms with van der Waals surface area (Å²) in [6, 6.07) is 11.3. The van der Waals surface area contributed by atoms with Crippen molar-refractivity contribution in [3.8, 4) is 5.75 Å². The lowest BCUT2D eigenvalue weighted by atomic mass is 10.1. The molecule has 3 heterocycles. The largest absolute Gasteiger partial charge is 0.435 e. The topological polar surface area (TPSA) is 140 Å². The Bertz CT molecular complexity index is 1470. The number of amidine groups is 1. The third kappa shape index (κ3) is 4.55. The average Bonchev–Trinajstić information content (AvgIpc) is 3.18. The number of hydrogen-bond acceptors (Lipinski definition) is 9. The van der Waals surface area contributed by atoms with Gasteiger partial charge in [-0.2, -0.15) is 13.8 Å². The van der Waals surface area contributed by atoms with Crippen LogP contribution in [0, 0.1) is 0 Å². The molecule has 0 fully saturated rings. The van der Waals surface area contributed by atoms with E-state index >= 15 is 0 Å². The number of anilines is 1. The molecule has 3 aromatic rings. The first-order valence-electron chi connectivity index (χ1n) is 11.3. The number of halogens is 2. The molecule has 0 aliphatic carbocycles. The molecule has 1 unspecified atom stereocenters. The van der Waals surface area contributed by atoms with Crippen molar-refractivity contribution in [1.82, 2.24) is 14.9 Å². The Balaban J connectivity index is 1.63. The van der Waals surface area contributed by atoms with E-state index in [1.165, 1.54) is 12.1 Å². The first-order valence-corrected chi connectivity index (χ1v) is 11.3. The zero-order valence-electron chi connectivity index (χ0n) is 19.9. The van der Waals surface area contributed by atoms with Gasteiger partial charge in [-0.25, -0.2) is 9.98 Å². The quantitative estimate of drug-likeness (QED) is 0.413. The van der Waals surface area contributed by atoms with E-state index in [-0.39, 0.29) is 30.5 Å². The molecule has 1 aromatic heterocycles. The minimum Gasteiger partial charge on any atom is -0.435 e. The van der Waals surface area contributed by atoms with Gasteiger partial charge in [-0.3, -0.25) is 20.7 Å². The summed E-state index contributed by atoms with van der Waals surface area (Å²) in [4.78, 5) is 28.0. The lowest BCUT2D eigenvalue weighted by Gasteiger charge is -2.36. The van der Waals surface area contributed by atoms with Crippen LogP contribution < -0.4 is 20.7 Å². The van der Waals surface area contributed by atoms with Gasteiger partial charge in [-0.05, 0) is 43.3 Å². The molecule has 11 nitrogen and oxygen atoms in total. The predicted octanol–water partition coefficient (Wildman–Crippen LogP) is 2.06. The maximum Gasteiger partial charge on any atom is 0.387 e. The van der Waals surface area contributed by atoms with Crippen molar-refractivity contribution in [2.75, 3.05) is 11.5 Å². The Morgan fingerprint density at radius 3 is 2.65 bits per heavy atom. The van der Waals surface area contributed by atoms with Crippen LogP contribution in [-0.4, -0.2) is 51.3 Å².